The molecular weight excluding hydrogens is 474 g/mol. The number of nitrogens with one attached hydrogen (secondary N) is 1. The standard InChI is InChI=1S/C31H39N5O2/c37-27-22-31(13-4-5-14-31)23-28(38)36(27)16-7-6-15-34-17-19-35(20-18-34)30-32-26-12-8-11-25(29(26)33-30)21-24-9-2-1-3-10-24/h1-3,8-12H,4-7,13-23H2,(H,32,33). The molecule has 1 aromatic heterocycles. The Bertz CT molecular complexity index is 1250. The van der Waals surface area contributed by atoms with Crippen LogP contribution in [0.4, 0.5) is 5.95 Å². The molecule has 1 aliphatic carbocycles. The number of para-hydroxylation sites is 1. The van der Waals surface area contributed by atoms with Crippen LogP contribution in [0.2, 0.25) is 0 Å². The molecule has 2 saturated heterocycles. The van der Waals surface area contributed by atoms with Crippen LogP contribution in [0.5, 0.6) is 0 Å². The lowest BCUT2D eigenvalue weighted by molar-refractivity contribution is -0.153. The van der Waals surface area contributed by atoms with Gasteiger partial charge >= 0.3 is 0 Å². The monoisotopic (exact) mass is 513 g/mol. The molecule has 0 bridgehead atoms. The molecule has 7 nitrogen and oxygen atoms in total. The van der Waals surface area contributed by atoms with Gasteiger partial charge in [0.1, 0.15) is 0 Å². The van der Waals surface area contributed by atoms with Crippen molar-refractivity contribution >= 4 is 28.8 Å². The van der Waals surface area contributed by atoms with Crippen molar-refractivity contribution in [3.63, 3.8) is 0 Å². The summed E-state index contributed by atoms with van der Waals surface area (Å²) in [6, 6.07) is 17.0. The summed E-state index contributed by atoms with van der Waals surface area (Å²) in [5, 5.41) is 0. The number of amides is 2. The molecule has 6 rings (SSSR count). The Labute approximate surface area is 225 Å². The second-order valence-electron chi connectivity index (χ2n) is 11.6. The smallest absolute Gasteiger partial charge is 0.229 e. The number of piperazine rings is 1. The van der Waals surface area contributed by atoms with Gasteiger partial charge in [-0.25, -0.2) is 4.98 Å². The number of likely N-dealkylation sites (tertiary alicyclic amines) is 1. The first kappa shape index (κ1) is 25.1. The molecule has 3 heterocycles. The van der Waals surface area contributed by atoms with E-state index in [1.54, 1.807) is 4.90 Å². The third-order valence-corrected chi connectivity index (χ3v) is 8.92. The molecule has 7 heteroatoms. The molecule has 0 unspecified atom stereocenters. The Morgan fingerprint density at radius 1 is 0.816 bits per heavy atom. The van der Waals surface area contributed by atoms with Crippen molar-refractivity contribution < 1.29 is 9.59 Å². The molecule has 1 N–H and O–H groups in total. The number of hydrogen-bond donors (Lipinski definition) is 1. The summed E-state index contributed by atoms with van der Waals surface area (Å²) < 4.78 is 0. The van der Waals surface area contributed by atoms with Crippen molar-refractivity contribution in [1.29, 1.82) is 0 Å². The number of imide groups is 1. The summed E-state index contributed by atoms with van der Waals surface area (Å²) in [7, 11) is 0. The van der Waals surface area contributed by atoms with Crippen molar-refractivity contribution in [3.8, 4) is 0 Å². The molecular formula is C31H39N5O2. The maximum Gasteiger partial charge on any atom is 0.229 e. The normalized spacial score (nSPS) is 20.2. The topological polar surface area (TPSA) is 72.5 Å². The minimum atomic E-state index is -0.00631. The Balaban J connectivity index is 0.970. The van der Waals surface area contributed by atoms with Crippen LogP contribution in [0.25, 0.3) is 11.0 Å². The molecule has 3 aromatic rings. The van der Waals surface area contributed by atoms with E-state index in [1.807, 2.05) is 0 Å². The summed E-state index contributed by atoms with van der Waals surface area (Å²) in [4.78, 5) is 40.3. The highest BCUT2D eigenvalue weighted by Gasteiger charge is 2.44. The number of imidazole rings is 1. The van der Waals surface area contributed by atoms with E-state index in [4.69, 9.17) is 4.98 Å². The van der Waals surface area contributed by atoms with Crippen LogP contribution in [0.3, 0.4) is 0 Å². The van der Waals surface area contributed by atoms with Gasteiger partial charge in [0.2, 0.25) is 17.8 Å². The second kappa shape index (κ2) is 10.9. The van der Waals surface area contributed by atoms with Gasteiger partial charge in [0, 0.05) is 45.6 Å². The van der Waals surface area contributed by atoms with Crippen LogP contribution >= 0.6 is 0 Å². The van der Waals surface area contributed by atoms with Crippen molar-refractivity contribution in [3.05, 3.63) is 59.7 Å². The van der Waals surface area contributed by atoms with E-state index in [0.717, 1.165) is 81.8 Å². The highest BCUT2D eigenvalue weighted by atomic mass is 16.2. The Kier molecular flexibility index (Phi) is 7.20. The van der Waals surface area contributed by atoms with Crippen molar-refractivity contribution in [2.75, 3.05) is 44.2 Å². The maximum absolute atomic E-state index is 12.7. The highest BCUT2D eigenvalue weighted by Crippen LogP contribution is 2.46. The molecule has 2 amide bonds. The van der Waals surface area contributed by atoms with Gasteiger partial charge in [-0.05, 0) is 61.3 Å². The number of hydrogen-bond acceptors (Lipinski definition) is 5. The number of aromatic nitrogens is 2. The van der Waals surface area contributed by atoms with Crippen LogP contribution in [-0.4, -0.2) is 70.9 Å². The van der Waals surface area contributed by atoms with Gasteiger partial charge in [0.25, 0.3) is 0 Å². The summed E-state index contributed by atoms with van der Waals surface area (Å²) in [5.41, 5.74) is 4.70. The summed E-state index contributed by atoms with van der Waals surface area (Å²) in [6.45, 7) is 5.47. The van der Waals surface area contributed by atoms with E-state index in [0.29, 0.717) is 19.4 Å². The quantitative estimate of drug-likeness (QED) is 0.347. The van der Waals surface area contributed by atoms with Gasteiger partial charge in [0.15, 0.2) is 0 Å². The zero-order valence-electron chi connectivity index (χ0n) is 22.3. The molecule has 3 aliphatic rings. The summed E-state index contributed by atoms with van der Waals surface area (Å²) in [6.07, 6.45) is 8.37. The lowest BCUT2D eigenvalue weighted by Crippen LogP contribution is -2.48. The van der Waals surface area contributed by atoms with Crippen molar-refractivity contribution in [2.45, 2.75) is 57.8 Å². The molecule has 200 valence electrons. The first-order valence-corrected chi connectivity index (χ1v) is 14.4. The number of rotatable bonds is 8. The largest absolute Gasteiger partial charge is 0.340 e. The third-order valence-electron chi connectivity index (χ3n) is 8.92. The molecule has 2 aliphatic heterocycles. The Hall–Kier alpha value is -3.19. The SMILES string of the molecule is O=C1CC2(CCCC2)CC(=O)N1CCCCN1CCN(c2nc3c(Cc4ccccc4)cccc3[nH]2)CC1. The average molecular weight is 514 g/mol. The van der Waals surface area contributed by atoms with Gasteiger partial charge in [-0.3, -0.25) is 19.4 Å². The van der Waals surface area contributed by atoms with Crippen molar-refractivity contribution in [2.24, 2.45) is 5.41 Å². The van der Waals surface area contributed by atoms with Gasteiger partial charge in [-0.2, -0.15) is 0 Å². The van der Waals surface area contributed by atoms with Gasteiger partial charge < -0.3 is 9.88 Å². The van der Waals surface area contributed by atoms with E-state index in [2.05, 4.69) is 63.3 Å². The van der Waals surface area contributed by atoms with E-state index in [-0.39, 0.29) is 17.2 Å². The third kappa shape index (κ3) is 5.35. The number of carbonyl (C=O) groups is 2. The van der Waals surface area contributed by atoms with Gasteiger partial charge in [-0.15, -0.1) is 0 Å². The van der Waals surface area contributed by atoms with Crippen LogP contribution in [0, 0.1) is 5.41 Å². The summed E-state index contributed by atoms with van der Waals surface area (Å²) in [5.74, 6) is 1.09. The summed E-state index contributed by atoms with van der Waals surface area (Å²) >= 11 is 0. The van der Waals surface area contributed by atoms with Gasteiger partial charge in [-0.1, -0.05) is 55.3 Å². The molecule has 0 atom stereocenters. The van der Waals surface area contributed by atoms with Crippen LogP contribution < -0.4 is 4.90 Å². The number of H-pyrrole nitrogens is 1. The Morgan fingerprint density at radius 2 is 1.53 bits per heavy atom. The fraction of sp³-hybridized carbons (Fsp3) is 0.516. The number of unbranched alkanes of at least 4 members (excludes halogenated alkanes) is 1. The number of piperidine rings is 1. The van der Waals surface area contributed by atoms with Crippen LogP contribution in [-0.2, 0) is 16.0 Å². The number of benzene rings is 2. The number of aromatic amines is 1. The molecule has 38 heavy (non-hydrogen) atoms. The number of carbonyl (C=O) groups excluding carboxylic acids is 2. The van der Waals surface area contributed by atoms with E-state index in [1.165, 1.54) is 24.0 Å². The second-order valence-corrected chi connectivity index (χ2v) is 11.6. The van der Waals surface area contributed by atoms with Gasteiger partial charge in [0.05, 0.1) is 11.0 Å². The first-order valence-electron chi connectivity index (χ1n) is 14.4. The maximum atomic E-state index is 12.7. The van der Waals surface area contributed by atoms with E-state index in [9.17, 15) is 9.59 Å². The van der Waals surface area contributed by atoms with E-state index >= 15 is 0 Å². The molecule has 2 aromatic carbocycles. The molecule has 1 spiro atoms. The zero-order valence-corrected chi connectivity index (χ0v) is 22.3. The minimum absolute atomic E-state index is 0.00631. The lowest BCUT2D eigenvalue weighted by atomic mass is 9.76. The van der Waals surface area contributed by atoms with Crippen molar-refractivity contribution in [1.82, 2.24) is 19.8 Å². The minimum Gasteiger partial charge on any atom is -0.340 e. The molecule has 1 saturated carbocycles. The fourth-order valence-electron chi connectivity index (χ4n) is 6.74. The fourth-order valence-corrected chi connectivity index (χ4v) is 6.74. The Morgan fingerprint density at radius 3 is 2.26 bits per heavy atom. The molecule has 0 radical (unpaired) electrons. The van der Waals surface area contributed by atoms with E-state index < -0.39 is 0 Å². The van der Waals surface area contributed by atoms with Crippen LogP contribution in [0.15, 0.2) is 48.5 Å². The predicted octanol–water partition coefficient (Wildman–Crippen LogP) is 4.77. The average Bonchev–Trinajstić information content (AvgIpc) is 3.56. The van der Waals surface area contributed by atoms with Crippen LogP contribution in [0.1, 0.15) is 62.5 Å². The predicted molar refractivity (Wildman–Crippen MR) is 150 cm³/mol. The number of nitrogens with zero attached hydrogens (tertiary/aromatic N) is 4. The number of anilines is 1. The molecule has 3 fully saturated rings. The first-order chi connectivity index (χ1) is 18.6. The number of fused-ring (bicyclic) bond motifs is 1. The zero-order chi connectivity index (χ0) is 26.0. The lowest BCUT2D eigenvalue weighted by Gasteiger charge is -2.37. The highest BCUT2D eigenvalue weighted by molar-refractivity contribution is 5.98.